The molecule has 1 amide bonds. The number of nitrogens with one attached hydrogen (secondary N) is 2. The Hall–Kier alpha value is -1.58. The number of amides is 1. The largest absolute Gasteiger partial charge is 0.370 e. The second-order valence-electron chi connectivity index (χ2n) is 5.32. The van der Waals surface area contributed by atoms with E-state index in [1.54, 1.807) is 18.3 Å². The number of pyridine rings is 1. The van der Waals surface area contributed by atoms with E-state index >= 15 is 0 Å². The highest BCUT2D eigenvalue weighted by molar-refractivity contribution is 5.94. The van der Waals surface area contributed by atoms with Crippen LogP contribution in [0, 0.1) is 5.92 Å². The lowest BCUT2D eigenvalue weighted by atomic mass is 10.1. The smallest absolute Gasteiger partial charge is 0.251 e. The minimum absolute atomic E-state index is 0.0383. The number of carbonyl (C=O) groups excluding carboxylic acids is 1. The molecule has 4 nitrogen and oxygen atoms in total. The summed E-state index contributed by atoms with van der Waals surface area (Å²) in [6.07, 6.45) is 3.69. The van der Waals surface area contributed by atoms with Crippen LogP contribution in [0.3, 0.4) is 0 Å². The second kappa shape index (κ2) is 7.77. The van der Waals surface area contributed by atoms with Crippen molar-refractivity contribution < 1.29 is 4.79 Å². The van der Waals surface area contributed by atoms with Gasteiger partial charge in [0.1, 0.15) is 5.82 Å². The molecule has 2 N–H and O–H groups in total. The monoisotopic (exact) mass is 263 g/mol. The van der Waals surface area contributed by atoms with Crippen LogP contribution < -0.4 is 10.6 Å². The zero-order valence-electron chi connectivity index (χ0n) is 12.4. The molecule has 19 heavy (non-hydrogen) atoms. The van der Waals surface area contributed by atoms with Crippen molar-refractivity contribution in [1.29, 1.82) is 0 Å². The lowest BCUT2D eigenvalue weighted by molar-refractivity contribution is 0.0939. The van der Waals surface area contributed by atoms with E-state index in [1.807, 2.05) is 6.92 Å². The molecule has 1 heterocycles. The predicted molar refractivity (Wildman–Crippen MR) is 79.4 cm³/mol. The first-order chi connectivity index (χ1) is 9.02. The Bertz CT molecular complexity index is 404. The Balaban J connectivity index is 2.58. The predicted octanol–water partition coefficient (Wildman–Crippen LogP) is 3.07. The van der Waals surface area contributed by atoms with E-state index < -0.39 is 0 Å². The van der Waals surface area contributed by atoms with Crippen LogP contribution in [-0.2, 0) is 0 Å². The highest BCUT2D eigenvalue weighted by atomic mass is 16.1. The topological polar surface area (TPSA) is 54.0 Å². The van der Waals surface area contributed by atoms with E-state index in [0.29, 0.717) is 11.5 Å². The highest BCUT2D eigenvalue weighted by Crippen LogP contribution is 2.08. The first-order valence-electron chi connectivity index (χ1n) is 7.03. The zero-order chi connectivity index (χ0) is 14.3. The fourth-order valence-corrected chi connectivity index (χ4v) is 1.57. The third-order valence-corrected chi connectivity index (χ3v) is 3.04. The minimum Gasteiger partial charge on any atom is -0.370 e. The molecule has 1 aromatic rings. The third-order valence-electron chi connectivity index (χ3n) is 3.04. The van der Waals surface area contributed by atoms with Gasteiger partial charge in [-0.25, -0.2) is 4.98 Å². The van der Waals surface area contributed by atoms with Crippen molar-refractivity contribution in [2.45, 2.75) is 46.6 Å². The van der Waals surface area contributed by atoms with Crippen LogP contribution in [0.2, 0.25) is 0 Å². The van der Waals surface area contributed by atoms with Crippen molar-refractivity contribution in [1.82, 2.24) is 10.3 Å². The molecule has 0 aliphatic heterocycles. The maximum Gasteiger partial charge on any atom is 0.251 e. The maximum absolute atomic E-state index is 12.0. The molecule has 0 aliphatic rings. The zero-order valence-corrected chi connectivity index (χ0v) is 12.4. The molecule has 0 bridgehead atoms. The summed E-state index contributed by atoms with van der Waals surface area (Å²) in [5.74, 6) is 1.38. The number of hydrogen-bond donors (Lipinski definition) is 2. The number of aromatic nitrogens is 1. The SMILES string of the molecule is CCC(C)NC(=O)c1ccnc(NCCC(C)C)c1. The molecule has 0 saturated carbocycles. The first kappa shape index (κ1) is 15.5. The lowest BCUT2D eigenvalue weighted by Gasteiger charge is -2.12. The summed E-state index contributed by atoms with van der Waals surface area (Å²) >= 11 is 0. The fraction of sp³-hybridized carbons (Fsp3) is 0.600. The summed E-state index contributed by atoms with van der Waals surface area (Å²) in [5.41, 5.74) is 0.655. The molecule has 1 rings (SSSR count). The first-order valence-corrected chi connectivity index (χ1v) is 7.03. The van der Waals surface area contributed by atoms with Gasteiger partial charge >= 0.3 is 0 Å². The Morgan fingerprint density at radius 1 is 1.37 bits per heavy atom. The number of carbonyl (C=O) groups is 1. The van der Waals surface area contributed by atoms with Gasteiger partial charge in [0.2, 0.25) is 0 Å². The average molecular weight is 263 g/mol. The van der Waals surface area contributed by atoms with E-state index in [9.17, 15) is 4.79 Å². The van der Waals surface area contributed by atoms with Crippen LogP contribution in [-0.4, -0.2) is 23.5 Å². The molecule has 0 aromatic carbocycles. The van der Waals surface area contributed by atoms with Crippen LogP contribution >= 0.6 is 0 Å². The van der Waals surface area contributed by atoms with Crippen LogP contribution in [0.4, 0.5) is 5.82 Å². The molecule has 4 heteroatoms. The molecule has 0 radical (unpaired) electrons. The van der Waals surface area contributed by atoms with Gasteiger partial charge in [-0.05, 0) is 37.8 Å². The third kappa shape index (κ3) is 5.73. The normalized spacial score (nSPS) is 12.3. The number of nitrogens with zero attached hydrogens (tertiary/aromatic N) is 1. The maximum atomic E-state index is 12.0. The van der Waals surface area contributed by atoms with Crippen molar-refractivity contribution in [2.24, 2.45) is 5.92 Å². The minimum atomic E-state index is -0.0383. The van der Waals surface area contributed by atoms with E-state index in [0.717, 1.165) is 25.2 Å². The summed E-state index contributed by atoms with van der Waals surface area (Å²) < 4.78 is 0. The Morgan fingerprint density at radius 3 is 2.74 bits per heavy atom. The van der Waals surface area contributed by atoms with Crippen molar-refractivity contribution in [3.8, 4) is 0 Å². The van der Waals surface area contributed by atoms with Gasteiger partial charge in [-0.1, -0.05) is 20.8 Å². The quantitative estimate of drug-likeness (QED) is 0.795. The lowest BCUT2D eigenvalue weighted by Crippen LogP contribution is -2.31. The van der Waals surface area contributed by atoms with Gasteiger partial charge < -0.3 is 10.6 Å². The molecular formula is C15H25N3O. The molecule has 1 unspecified atom stereocenters. The molecule has 0 fully saturated rings. The highest BCUT2D eigenvalue weighted by Gasteiger charge is 2.09. The van der Waals surface area contributed by atoms with Gasteiger partial charge in [-0.15, -0.1) is 0 Å². The van der Waals surface area contributed by atoms with Crippen LogP contribution in [0.25, 0.3) is 0 Å². The number of hydrogen-bond acceptors (Lipinski definition) is 3. The van der Waals surface area contributed by atoms with Crippen molar-refractivity contribution in [2.75, 3.05) is 11.9 Å². The summed E-state index contributed by atoms with van der Waals surface area (Å²) in [6.45, 7) is 9.30. The van der Waals surface area contributed by atoms with E-state index in [-0.39, 0.29) is 11.9 Å². The van der Waals surface area contributed by atoms with Gasteiger partial charge in [0.25, 0.3) is 5.91 Å². The Kier molecular flexibility index (Phi) is 6.33. The Morgan fingerprint density at radius 2 is 2.11 bits per heavy atom. The molecule has 0 spiro atoms. The molecule has 106 valence electrons. The molecule has 0 aliphatic carbocycles. The van der Waals surface area contributed by atoms with E-state index in [4.69, 9.17) is 0 Å². The summed E-state index contributed by atoms with van der Waals surface area (Å²) in [4.78, 5) is 16.2. The van der Waals surface area contributed by atoms with Gasteiger partial charge in [0.05, 0.1) is 0 Å². The Labute approximate surface area is 116 Å². The number of rotatable bonds is 7. The van der Waals surface area contributed by atoms with Gasteiger partial charge in [0, 0.05) is 24.3 Å². The second-order valence-corrected chi connectivity index (χ2v) is 5.32. The van der Waals surface area contributed by atoms with Crippen molar-refractivity contribution in [3.05, 3.63) is 23.9 Å². The average Bonchev–Trinajstić information content (AvgIpc) is 2.38. The van der Waals surface area contributed by atoms with Crippen LogP contribution in [0.15, 0.2) is 18.3 Å². The molecule has 1 aromatic heterocycles. The van der Waals surface area contributed by atoms with Crippen molar-refractivity contribution in [3.63, 3.8) is 0 Å². The molecule has 1 atom stereocenters. The number of anilines is 1. The van der Waals surface area contributed by atoms with Crippen LogP contribution in [0.5, 0.6) is 0 Å². The molecular weight excluding hydrogens is 238 g/mol. The van der Waals surface area contributed by atoms with E-state index in [1.165, 1.54) is 0 Å². The van der Waals surface area contributed by atoms with Crippen molar-refractivity contribution >= 4 is 11.7 Å². The van der Waals surface area contributed by atoms with Gasteiger partial charge in [-0.3, -0.25) is 4.79 Å². The summed E-state index contributed by atoms with van der Waals surface area (Å²) in [5, 5.41) is 6.20. The summed E-state index contributed by atoms with van der Waals surface area (Å²) in [7, 11) is 0. The molecule has 0 saturated heterocycles. The standard InChI is InChI=1S/C15H25N3O/c1-5-12(4)18-15(19)13-7-9-17-14(10-13)16-8-6-11(2)3/h7,9-12H,5-6,8H2,1-4H3,(H,16,17)(H,18,19). The van der Waals surface area contributed by atoms with Gasteiger partial charge in [-0.2, -0.15) is 0 Å². The fourth-order valence-electron chi connectivity index (χ4n) is 1.57. The van der Waals surface area contributed by atoms with Gasteiger partial charge in [0.15, 0.2) is 0 Å². The van der Waals surface area contributed by atoms with Crippen LogP contribution in [0.1, 0.15) is 50.9 Å². The van der Waals surface area contributed by atoms with E-state index in [2.05, 4.69) is 36.4 Å². The summed E-state index contributed by atoms with van der Waals surface area (Å²) in [6, 6.07) is 3.74.